The third-order valence-electron chi connectivity index (χ3n) is 2.45. The van der Waals surface area contributed by atoms with E-state index in [0.29, 0.717) is 25.1 Å². The molecule has 0 aliphatic carbocycles. The van der Waals surface area contributed by atoms with Crippen LogP contribution in [0, 0.1) is 24.9 Å². The fraction of sp³-hybridized carbons (Fsp3) is 0. The van der Waals surface area contributed by atoms with Crippen molar-refractivity contribution in [1.82, 2.24) is 14.3 Å². The standard InChI is InChI=1S/C9H3N5O4S4/c15-13(16)3-1-10-8(20-3)5-6(22-12-7(5)19)9-11-2-4(21-9)14(17)18/h1-2H,(H,12,19). The van der Waals surface area contributed by atoms with Crippen LogP contribution >= 0.6 is 46.4 Å². The van der Waals surface area contributed by atoms with Gasteiger partial charge in [-0.05, 0) is 22.7 Å². The Bertz CT molecular complexity index is 938. The van der Waals surface area contributed by atoms with Crippen molar-refractivity contribution >= 4 is 56.4 Å². The normalized spacial score (nSPS) is 10.7. The molecule has 0 spiro atoms. The first-order valence-corrected chi connectivity index (χ1v) is 8.26. The molecule has 0 unspecified atom stereocenters. The first-order chi connectivity index (χ1) is 10.5. The molecule has 0 amide bonds. The van der Waals surface area contributed by atoms with Gasteiger partial charge in [-0.1, -0.05) is 23.8 Å². The molecule has 22 heavy (non-hydrogen) atoms. The lowest BCUT2D eigenvalue weighted by atomic mass is 10.3. The Labute approximate surface area is 138 Å². The monoisotopic (exact) mass is 373 g/mol. The van der Waals surface area contributed by atoms with Gasteiger partial charge in [-0.15, -0.1) is 0 Å². The van der Waals surface area contributed by atoms with Crippen molar-refractivity contribution in [2.45, 2.75) is 0 Å². The molecular weight excluding hydrogens is 370 g/mol. The molecule has 9 nitrogen and oxygen atoms in total. The summed E-state index contributed by atoms with van der Waals surface area (Å²) in [6, 6.07) is 0. The maximum Gasteiger partial charge on any atom is 0.344 e. The number of aromatic amines is 1. The molecule has 3 aromatic heterocycles. The van der Waals surface area contributed by atoms with E-state index in [9.17, 15) is 20.2 Å². The summed E-state index contributed by atoms with van der Waals surface area (Å²) in [5.74, 6) is 0. The number of nitro groups is 2. The van der Waals surface area contributed by atoms with Gasteiger partial charge in [-0.3, -0.25) is 20.2 Å². The van der Waals surface area contributed by atoms with Crippen molar-refractivity contribution in [2.24, 2.45) is 0 Å². The van der Waals surface area contributed by atoms with Crippen LogP contribution in [0.5, 0.6) is 0 Å². The third kappa shape index (κ3) is 2.54. The molecule has 3 rings (SSSR count). The fourth-order valence-electron chi connectivity index (χ4n) is 1.57. The van der Waals surface area contributed by atoms with Gasteiger partial charge in [0.2, 0.25) is 0 Å². The number of thiazole rings is 2. The van der Waals surface area contributed by atoms with Crippen molar-refractivity contribution in [3.8, 4) is 20.5 Å². The number of hydrogen-bond acceptors (Lipinski definition) is 10. The smallest absolute Gasteiger partial charge is 0.301 e. The second kappa shape index (κ2) is 5.60. The van der Waals surface area contributed by atoms with E-state index >= 15 is 0 Å². The van der Waals surface area contributed by atoms with Crippen LogP contribution in [0.15, 0.2) is 12.4 Å². The van der Waals surface area contributed by atoms with E-state index in [1.54, 1.807) is 0 Å². The predicted molar refractivity (Wildman–Crippen MR) is 85.0 cm³/mol. The quantitative estimate of drug-likeness (QED) is 0.417. The minimum Gasteiger partial charge on any atom is -0.301 e. The summed E-state index contributed by atoms with van der Waals surface area (Å²) in [5.41, 5.74) is 0.502. The largest absolute Gasteiger partial charge is 0.344 e. The number of rotatable bonds is 4. The van der Waals surface area contributed by atoms with Crippen LogP contribution in [0.25, 0.3) is 20.5 Å². The van der Waals surface area contributed by atoms with Gasteiger partial charge in [0, 0.05) is 0 Å². The van der Waals surface area contributed by atoms with Gasteiger partial charge < -0.3 is 4.37 Å². The highest BCUT2D eigenvalue weighted by atomic mass is 32.1. The summed E-state index contributed by atoms with van der Waals surface area (Å²) >= 11 is 8.14. The van der Waals surface area contributed by atoms with E-state index in [0.717, 1.165) is 46.6 Å². The average Bonchev–Trinajstić information content (AvgIpc) is 3.15. The summed E-state index contributed by atoms with van der Waals surface area (Å²) < 4.78 is 3.22. The molecule has 0 aliphatic heterocycles. The zero-order valence-electron chi connectivity index (χ0n) is 10.2. The Morgan fingerprint density at radius 1 is 1.05 bits per heavy atom. The summed E-state index contributed by atoms with van der Waals surface area (Å²) in [5, 5.41) is 22.1. The molecule has 3 heterocycles. The molecule has 1 N–H and O–H groups in total. The molecule has 0 atom stereocenters. The van der Waals surface area contributed by atoms with E-state index in [2.05, 4.69) is 14.3 Å². The molecule has 0 radical (unpaired) electrons. The summed E-state index contributed by atoms with van der Waals surface area (Å²) in [6.45, 7) is 0. The molecular formula is C9H3N5O4S4. The number of nitrogens with zero attached hydrogens (tertiary/aromatic N) is 4. The minimum atomic E-state index is -0.534. The van der Waals surface area contributed by atoms with Crippen molar-refractivity contribution in [1.29, 1.82) is 0 Å². The Morgan fingerprint density at radius 3 is 2.14 bits per heavy atom. The zero-order chi connectivity index (χ0) is 15.9. The van der Waals surface area contributed by atoms with Crippen molar-refractivity contribution in [3.05, 3.63) is 37.3 Å². The highest BCUT2D eigenvalue weighted by Crippen LogP contribution is 2.42. The molecule has 112 valence electrons. The fourth-order valence-corrected chi connectivity index (χ4v) is 4.54. The van der Waals surface area contributed by atoms with Crippen LogP contribution in [0.2, 0.25) is 0 Å². The van der Waals surface area contributed by atoms with Gasteiger partial charge in [0.15, 0.2) is 0 Å². The molecule has 0 saturated carbocycles. The zero-order valence-corrected chi connectivity index (χ0v) is 13.5. The lowest BCUT2D eigenvalue weighted by molar-refractivity contribution is -0.380. The maximum absolute atomic E-state index is 10.8. The Balaban J connectivity index is 2.12. The summed E-state index contributed by atoms with van der Waals surface area (Å²) in [6.07, 6.45) is 2.32. The van der Waals surface area contributed by atoms with Crippen LogP contribution in [0.4, 0.5) is 10.0 Å². The lowest BCUT2D eigenvalue weighted by Gasteiger charge is -1.93. The van der Waals surface area contributed by atoms with Gasteiger partial charge >= 0.3 is 10.0 Å². The van der Waals surface area contributed by atoms with Crippen LogP contribution in [0.1, 0.15) is 0 Å². The van der Waals surface area contributed by atoms with Crippen LogP contribution in [0.3, 0.4) is 0 Å². The molecule has 13 heteroatoms. The summed E-state index contributed by atoms with van der Waals surface area (Å²) in [4.78, 5) is 29.0. The predicted octanol–water partition coefficient (Wildman–Crippen LogP) is 3.87. The second-order valence-electron chi connectivity index (χ2n) is 3.76. The Kier molecular flexibility index (Phi) is 3.78. The number of H-pyrrole nitrogens is 1. The minimum absolute atomic E-state index is 0.0922. The SMILES string of the molecule is O=[N+]([O-])c1cnc(-c2s[nH]c(=S)c2-c2ncc([N+](=O)[O-])s2)s1. The van der Waals surface area contributed by atoms with E-state index in [4.69, 9.17) is 12.2 Å². The van der Waals surface area contributed by atoms with E-state index in [1.165, 1.54) is 0 Å². The van der Waals surface area contributed by atoms with Crippen LogP contribution < -0.4 is 0 Å². The highest BCUT2D eigenvalue weighted by molar-refractivity contribution is 7.71. The summed E-state index contributed by atoms with van der Waals surface area (Å²) in [7, 11) is 0. The molecule has 0 aliphatic rings. The molecule has 0 bridgehead atoms. The third-order valence-corrected chi connectivity index (χ3v) is 5.86. The molecule has 0 aromatic carbocycles. The van der Waals surface area contributed by atoms with Crippen molar-refractivity contribution in [2.75, 3.05) is 0 Å². The van der Waals surface area contributed by atoms with E-state index < -0.39 is 9.85 Å². The van der Waals surface area contributed by atoms with Gasteiger partial charge in [0.1, 0.15) is 27.0 Å². The Hall–Kier alpha value is -2.09. The second-order valence-corrected chi connectivity index (χ2v) is 7.00. The van der Waals surface area contributed by atoms with Crippen molar-refractivity contribution in [3.63, 3.8) is 0 Å². The molecule has 0 saturated heterocycles. The number of hydrogen-bond donors (Lipinski definition) is 1. The molecule has 3 aromatic rings. The average molecular weight is 373 g/mol. The van der Waals surface area contributed by atoms with Gasteiger partial charge in [-0.2, -0.15) is 0 Å². The maximum atomic E-state index is 10.8. The highest BCUT2D eigenvalue weighted by Gasteiger charge is 2.22. The molecule has 0 fully saturated rings. The number of nitrogens with one attached hydrogen (secondary N) is 1. The van der Waals surface area contributed by atoms with E-state index in [-0.39, 0.29) is 10.0 Å². The first-order valence-electron chi connectivity index (χ1n) is 5.40. The van der Waals surface area contributed by atoms with Crippen LogP contribution in [-0.4, -0.2) is 24.2 Å². The van der Waals surface area contributed by atoms with Gasteiger partial charge in [0.05, 0.1) is 20.3 Å². The topological polar surface area (TPSA) is 128 Å². The van der Waals surface area contributed by atoms with Gasteiger partial charge in [0.25, 0.3) is 0 Å². The number of aromatic nitrogens is 3. The lowest BCUT2D eigenvalue weighted by Crippen LogP contribution is -1.80. The van der Waals surface area contributed by atoms with Crippen molar-refractivity contribution < 1.29 is 9.85 Å². The van der Waals surface area contributed by atoms with Crippen LogP contribution in [-0.2, 0) is 0 Å². The first kappa shape index (κ1) is 14.8. The Morgan fingerprint density at radius 2 is 1.59 bits per heavy atom. The van der Waals surface area contributed by atoms with Gasteiger partial charge in [-0.25, -0.2) is 9.97 Å². The van der Waals surface area contributed by atoms with E-state index in [1.807, 2.05) is 0 Å².